The van der Waals surface area contributed by atoms with Crippen LogP contribution >= 0.6 is 31.9 Å². The molecule has 1 heterocycles. The molecule has 38 heavy (non-hydrogen) atoms. The summed E-state index contributed by atoms with van der Waals surface area (Å²) in [5, 5.41) is 0. The number of rotatable bonds is 20. The zero-order valence-corrected chi connectivity index (χ0v) is 28.8. The van der Waals surface area contributed by atoms with E-state index < -0.39 is 0 Å². The summed E-state index contributed by atoms with van der Waals surface area (Å²) in [6.45, 7) is 2.96. The average molecular weight is 667 g/mol. The van der Waals surface area contributed by atoms with E-state index in [0.29, 0.717) is 12.3 Å². The van der Waals surface area contributed by atoms with Crippen LogP contribution in [0.15, 0.2) is 18.3 Å². The summed E-state index contributed by atoms with van der Waals surface area (Å²) < 4.78 is 5.44. The van der Waals surface area contributed by atoms with Crippen molar-refractivity contribution in [2.24, 2.45) is 0 Å². The van der Waals surface area contributed by atoms with Gasteiger partial charge in [0.25, 0.3) is 0 Å². The quantitative estimate of drug-likeness (QED) is 0.103. The van der Waals surface area contributed by atoms with Crippen molar-refractivity contribution in [3.63, 3.8) is 0 Å². The number of alkyl halides is 2. The largest absolute Gasteiger partial charge is 0.414 e. The molecule has 0 spiro atoms. The Morgan fingerprint density at radius 1 is 0.711 bits per heavy atom. The Labute approximate surface area is 252 Å². The van der Waals surface area contributed by atoms with Crippen LogP contribution in [0.1, 0.15) is 95.6 Å². The molecule has 8 heteroatoms. The summed E-state index contributed by atoms with van der Waals surface area (Å²) in [5.41, 5.74) is 0.810. The fraction of sp³-hybridized carbons (Fsp3) is 0.800. The monoisotopic (exact) mass is 664 g/mol. The number of nitrogens with zero attached hydrogens (tertiary/aromatic N) is 4. The molecule has 0 radical (unpaired) electrons. The maximum Gasteiger partial charge on any atom is 0.414 e. The van der Waals surface area contributed by atoms with Gasteiger partial charge in [-0.15, -0.1) is 0 Å². The summed E-state index contributed by atoms with van der Waals surface area (Å²) in [7, 11) is 9.79. The lowest BCUT2D eigenvalue weighted by molar-refractivity contribution is 0.170. The van der Waals surface area contributed by atoms with Crippen LogP contribution in [0.5, 0.6) is 5.75 Å². The van der Waals surface area contributed by atoms with Crippen molar-refractivity contribution < 1.29 is 9.53 Å². The lowest BCUT2D eigenvalue weighted by Gasteiger charge is -2.18. The van der Waals surface area contributed by atoms with Gasteiger partial charge in [0.15, 0.2) is 5.75 Å². The van der Waals surface area contributed by atoms with E-state index >= 15 is 0 Å². The van der Waals surface area contributed by atoms with E-state index in [-0.39, 0.29) is 6.09 Å². The molecule has 224 valence electrons. The SMILES string of the molecule is CBr.CBr.CN(C)CCCCCCCCCCCCCCCCN(C)Cc1ncccc1OC(=O)N(C)C. The highest BCUT2D eigenvalue weighted by Gasteiger charge is 2.13. The number of halogens is 2. The number of aromatic nitrogens is 1. The van der Waals surface area contributed by atoms with Gasteiger partial charge in [-0.05, 0) is 70.9 Å². The van der Waals surface area contributed by atoms with Crippen LogP contribution in [0.2, 0.25) is 0 Å². The molecule has 0 aliphatic heterocycles. The molecule has 0 fully saturated rings. The Bertz CT molecular complexity index is 648. The Kier molecular flexibility index (Phi) is 30.4. The second-order valence-electron chi connectivity index (χ2n) is 10.2. The van der Waals surface area contributed by atoms with Gasteiger partial charge in [-0.2, -0.15) is 0 Å². The molecule has 0 N–H and O–H groups in total. The standard InChI is InChI=1S/C28H52N4O2.2CH3Br/c1-30(2)23-18-16-14-12-10-8-6-7-9-11-13-15-17-19-24-32(5)25-26-27(21-20-22-29-26)34-28(33)31(3)4;2*1-2/h20-22H,6-19,23-25H2,1-5H3;2*1H3. The highest BCUT2D eigenvalue weighted by Crippen LogP contribution is 2.18. The van der Waals surface area contributed by atoms with E-state index in [4.69, 9.17) is 4.74 Å². The molecule has 0 aliphatic carbocycles. The van der Waals surface area contributed by atoms with Crippen LogP contribution in [-0.2, 0) is 6.54 Å². The van der Waals surface area contributed by atoms with E-state index in [0.717, 1.165) is 12.2 Å². The zero-order valence-electron chi connectivity index (χ0n) is 25.6. The Balaban J connectivity index is 0. The van der Waals surface area contributed by atoms with Crippen LogP contribution in [0, 0.1) is 0 Å². The van der Waals surface area contributed by atoms with Crippen molar-refractivity contribution in [1.82, 2.24) is 19.7 Å². The number of pyridine rings is 1. The minimum absolute atomic E-state index is 0.372. The molecule has 0 saturated heterocycles. The van der Waals surface area contributed by atoms with Gasteiger partial charge in [0.2, 0.25) is 0 Å². The van der Waals surface area contributed by atoms with Crippen molar-refractivity contribution in [2.75, 3.05) is 60.0 Å². The second kappa shape index (κ2) is 29.3. The number of unbranched alkanes of at least 4 members (excludes halogenated alkanes) is 13. The van der Waals surface area contributed by atoms with Crippen molar-refractivity contribution in [3.05, 3.63) is 24.0 Å². The number of hydrogen-bond acceptors (Lipinski definition) is 5. The van der Waals surface area contributed by atoms with Crippen LogP contribution in [0.3, 0.4) is 0 Å². The number of hydrogen-bond donors (Lipinski definition) is 0. The fourth-order valence-corrected chi connectivity index (χ4v) is 4.09. The van der Waals surface area contributed by atoms with E-state index in [9.17, 15) is 4.79 Å². The second-order valence-corrected chi connectivity index (χ2v) is 10.2. The molecule has 6 nitrogen and oxygen atoms in total. The van der Waals surface area contributed by atoms with E-state index in [1.807, 2.05) is 17.7 Å². The van der Waals surface area contributed by atoms with Crippen LogP contribution in [0.25, 0.3) is 0 Å². The molecule has 0 unspecified atom stereocenters. The smallest absolute Gasteiger partial charge is 0.408 e. The molecule has 1 aromatic heterocycles. The van der Waals surface area contributed by atoms with Crippen molar-refractivity contribution >= 4 is 38.0 Å². The lowest BCUT2D eigenvalue weighted by atomic mass is 10.0. The summed E-state index contributed by atoms with van der Waals surface area (Å²) >= 11 is 5.88. The van der Waals surface area contributed by atoms with E-state index in [2.05, 4.69) is 67.8 Å². The average Bonchev–Trinajstić information content (AvgIpc) is 2.91. The fourth-order valence-electron chi connectivity index (χ4n) is 4.09. The number of carbonyl (C=O) groups is 1. The topological polar surface area (TPSA) is 48.9 Å². The molecule has 1 amide bonds. The predicted molar refractivity (Wildman–Crippen MR) is 173 cm³/mol. The third-order valence-corrected chi connectivity index (χ3v) is 6.23. The van der Waals surface area contributed by atoms with E-state index in [1.165, 1.54) is 101 Å². The lowest BCUT2D eigenvalue weighted by Crippen LogP contribution is -2.26. The van der Waals surface area contributed by atoms with Gasteiger partial charge in [-0.3, -0.25) is 4.98 Å². The Morgan fingerprint density at radius 3 is 1.55 bits per heavy atom. The maximum atomic E-state index is 11.9. The summed E-state index contributed by atoms with van der Waals surface area (Å²) in [6.07, 6.45) is 20.6. The Morgan fingerprint density at radius 2 is 1.13 bits per heavy atom. The predicted octanol–water partition coefficient (Wildman–Crippen LogP) is 8.62. The third kappa shape index (κ3) is 24.3. The molecule has 1 aromatic rings. The van der Waals surface area contributed by atoms with Crippen molar-refractivity contribution in [1.29, 1.82) is 0 Å². The van der Waals surface area contributed by atoms with Crippen LogP contribution < -0.4 is 4.74 Å². The highest BCUT2D eigenvalue weighted by atomic mass is 79.9. The summed E-state index contributed by atoms with van der Waals surface area (Å²) in [4.78, 5) is 22.2. The molecule has 1 rings (SSSR count). The van der Waals surface area contributed by atoms with Crippen molar-refractivity contribution in [2.45, 2.75) is 96.4 Å². The van der Waals surface area contributed by atoms with Gasteiger partial charge in [0.05, 0.1) is 5.69 Å². The number of ether oxygens (including phenoxy) is 1. The first-order valence-electron chi connectivity index (χ1n) is 14.3. The Hall–Kier alpha value is -0.700. The van der Waals surface area contributed by atoms with E-state index in [1.54, 1.807) is 26.4 Å². The van der Waals surface area contributed by atoms with Gasteiger partial charge < -0.3 is 19.4 Å². The first-order chi connectivity index (χ1) is 18.4. The molecule has 0 aliphatic rings. The minimum Gasteiger partial charge on any atom is -0.408 e. The molecule has 0 saturated carbocycles. The number of carbonyl (C=O) groups excluding carboxylic acids is 1. The van der Waals surface area contributed by atoms with Crippen LogP contribution in [-0.4, -0.2) is 85.8 Å². The van der Waals surface area contributed by atoms with Crippen molar-refractivity contribution in [3.8, 4) is 5.75 Å². The van der Waals surface area contributed by atoms with Crippen LogP contribution in [0.4, 0.5) is 4.79 Å². The van der Waals surface area contributed by atoms with Gasteiger partial charge in [-0.1, -0.05) is 109 Å². The summed E-state index contributed by atoms with van der Waals surface area (Å²) in [5.74, 6) is 4.17. The first kappa shape index (κ1) is 39.4. The molecule has 0 bridgehead atoms. The van der Waals surface area contributed by atoms with Gasteiger partial charge >= 0.3 is 6.09 Å². The summed E-state index contributed by atoms with van der Waals surface area (Å²) in [6, 6.07) is 3.61. The molecule has 0 aromatic carbocycles. The molecular weight excluding hydrogens is 608 g/mol. The molecule has 0 atom stereocenters. The highest BCUT2D eigenvalue weighted by molar-refractivity contribution is 9.09. The minimum atomic E-state index is -0.372. The van der Waals surface area contributed by atoms with Gasteiger partial charge in [0, 0.05) is 26.8 Å². The molecular formula is C30H58Br2N4O2. The first-order valence-corrected chi connectivity index (χ1v) is 17.5. The van der Waals surface area contributed by atoms with Gasteiger partial charge in [-0.25, -0.2) is 4.79 Å². The van der Waals surface area contributed by atoms with Gasteiger partial charge in [0.1, 0.15) is 0 Å². The zero-order chi connectivity index (χ0) is 29.0. The maximum absolute atomic E-state index is 11.9. The normalized spacial score (nSPS) is 10.5. The number of amides is 1. The third-order valence-electron chi connectivity index (χ3n) is 6.23.